The van der Waals surface area contributed by atoms with E-state index in [0.29, 0.717) is 11.4 Å². The van der Waals surface area contributed by atoms with Gasteiger partial charge in [-0.2, -0.15) is 0 Å². The fraction of sp³-hybridized carbons (Fsp3) is 0.222. The first-order valence-electron chi connectivity index (χ1n) is 7.35. The lowest BCUT2D eigenvalue weighted by Gasteiger charge is -2.07. The summed E-state index contributed by atoms with van der Waals surface area (Å²) in [5, 5.41) is 3.19. The van der Waals surface area contributed by atoms with Crippen LogP contribution < -0.4 is 5.32 Å². The Kier molecular flexibility index (Phi) is 6.63. The summed E-state index contributed by atoms with van der Waals surface area (Å²) in [7, 11) is 0. The monoisotopic (exact) mass is 331 g/mol. The number of hydrogen-bond donors (Lipinski definition) is 1. The summed E-state index contributed by atoms with van der Waals surface area (Å²) in [6.45, 7) is 0.0728. The largest absolute Gasteiger partial charge is 0.460 e. The second-order valence-corrected chi connectivity index (χ2v) is 5.42. The van der Waals surface area contributed by atoms with E-state index in [-0.39, 0.29) is 25.5 Å². The lowest BCUT2D eigenvalue weighted by atomic mass is 10.1. The number of nitrogens with one attached hydrogen (secondary N) is 1. The molecule has 0 spiro atoms. The number of rotatable bonds is 7. The number of esters is 1. The predicted octanol–water partition coefficient (Wildman–Crippen LogP) is 3.13. The van der Waals surface area contributed by atoms with E-state index in [1.165, 1.54) is 0 Å². The predicted molar refractivity (Wildman–Crippen MR) is 89.0 cm³/mol. The molecule has 1 N–H and O–H groups in total. The lowest BCUT2D eigenvalue weighted by Crippen LogP contribution is -2.30. The number of carbonyl (C=O) groups is 2. The molecule has 5 heteroatoms. The molecule has 2 aromatic carbocycles. The minimum absolute atomic E-state index is 0.131. The molecule has 0 saturated carbocycles. The molecule has 0 aromatic heterocycles. The van der Waals surface area contributed by atoms with E-state index in [1.807, 2.05) is 48.5 Å². The van der Waals surface area contributed by atoms with Crippen LogP contribution in [-0.2, 0) is 27.4 Å². The molecule has 2 aromatic rings. The van der Waals surface area contributed by atoms with Gasteiger partial charge in [-0.15, -0.1) is 0 Å². The number of halogens is 1. The van der Waals surface area contributed by atoms with Gasteiger partial charge in [-0.05, 0) is 23.6 Å². The van der Waals surface area contributed by atoms with Crippen LogP contribution in [0.15, 0.2) is 54.6 Å². The Balaban J connectivity index is 1.66. The van der Waals surface area contributed by atoms with Crippen molar-refractivity contribution in [3.8, 4) is 0 Å². The number of carbonyl (C=O) groups excluding carboxylic acids is 2. The molecule has 0 atom stereocenters. The van der Waals surface area contributed by atoms with E-state index in [4.69, 9.17) is 16.3 Å². The van der Waals surface area contributed by atoms with E-state index in [1.54, 1.807) is 6.07 Å². The minimum atomic E-state index is -0.458. The van der Waals surface area contributed by atoms with Gasteiger partial charge in [-0.1, -0.05) is 60.1 Å². The first-order valence-corrected chi connectivity index (χ1v) is 7.72. The average molecular weight is 332 g/mol. The highest BCUT2D eigenvalue weighted by atomic mass is 35.5. The molecule has 120 valence electrons. The number of hydrogen-bond acceptors (Lipinski definition) is 3. The zero-order valence-corrected chi connectivity index (χ0v) is 13.4. The van der Waals surface area contributed by atoms with E-state index >= 15 is 0 Å². The van der Waals surface area contributed by atoms with Crippen molar-refractivity contribution < 1.29 is 14.3 Å². The van der Waals surface area contributed by atoms with Crippen LogP contribution in [0.4, 0.5) is 0 Å². The van der Waals surface area contributed by atoms with Gasteiger partial charge >= 0.3 is 5.97 Å². The fourth-order valence-electron chi connectivity index (χ4n) is 2.00. The van der Waals surface area contributed by atoms with Crippen molar-refractivity contribution in [2.75, 3.05) is 6.54 Å². The summed E-state index contributed by atoms with van der Waals surface area (Å²) in [5.41, 5.74) is 1.82. The van der Waals surface area contributed by atoms with Crippen LogP contribution in [0.25, 0.3) is 0 Å². The summed E-state index contributed by atoms with van der Waals surface area (Å²) in [4.78, 5) is 23.3. The van der Waals surface area contributed by atoms with Crippen LogP contribution in [0.2, 0.25) is 5.02 Å². The van der Waals surface area contributed by atoms with Crippen molar-refractivity contribution in [1.82, 2.24) is 5.32 Å². The third-order valence-electron chi connectivity index (χ3n) is 3.25. The van der Waals surface area contributed by atoms with Crippen LogP contribution in [-0.4, -0.2) is 18.4 Å². The first-order chi connectivity index (χ1) is 11.1. The van der Waals surface area contributed by atoms with Gasteiger partial charge in [0.1, 0.15) is 13.2 Å². The summed E-state index contributed by atoms with van der Waals surface area (Å²) in [6.07, 6.45) is 0.806. The molecular weight excluding hydrogens is 314 g/mol. The Hall–Kier alpha value is -2.33. The lowest BCUT2D eigenvalue weighted by molar-refractivity contribution is -0.145. The summed E-state index contributed by atoms with van der Waals surface area (Å²) < 4.78 is 5.09. The standard InChI is InChI=1S/C18H18ClNO3/c19-16-9-5-4-8-15(16)10-11-17(21)20-12-18(22)23-13-14-6-2-1-3-7-14/h1-9H,10-13H2,(H,20,21). The minimum Gasteiger partial charge on any atom is -0.460 e. The second-order valence-electron chi connectivity index (χ2n) is 5.01. The molecule has 2 rings (SSSR count). The number of aryl methyl sites for hydroxylation is 1. The van der Waals surface area contributed by atoms with Crippen LogP contribution in [0.3, 0.4) is 0 Å². The van der Waals surface area contributed by atoms with Crippen molar-refractivity contribution in [2.45, 2.75) is 19.4 Å². The maximum absolute atomic E-state index is 11.7. The SMILES string of the molecule is O=C(CCc1ccccc1Cl)NCC(=O)OCc1ccccc1. The molecule has 0 unspecified atom stereocenters. The zero-order valence-electron chi connectivity index (χ0n) is 12.6. The number of benzene rings is 2. The Morgan fingerprint density at radius 2 is 1.70 bits per heavy atom. The Morgan fingerprint density at radius 1 is 1.00 bits per heavy atom. The van der Waals surface area contributed by atoms with Crippen molar-refractivity contribution in [3.63, 3.8) is 0 Å². The molecule has 0 aliphatic heterocycles. The second kappa shape index (κ2) is 8.96. The van der Waals surface area contributed by atoms with Crippen LogP contribution >= 0.6 is 11.6 Å². The number of amides is 1. The van der Waals surface area contributed by atoms with Crippen molar-refractivity contribution in [3.05, 3.63) is 70.7 Å². The van der Waals surface area contributed by atoms with Gasteiger partial charge in [0.15, 0.2) is 0 Å². The van der Waals surface area contributed by atoms with Gasteiger partial charge in [-0.25, -0.2) is 0 Å². The van der Waals surface area contributed by atoms with Gasteiger partial charge in [0.2, 0.25) is 5.91 Å². The Morgan fingerprint density at radius 3 is 2.43 bits per heavy atom. The molecule has 0 fully saturated rings. The van der Waals surface area contributed by atoms with Crippen molar-refractivity contribution in [2.24, 2.45) is 0 Å². The molecular formula is C18H18ClNO3. The maximum atomic E-state index is 11.7. The van der Waals surface area contributed by atoms with Gasteiger partial charge in [0, 0.05) is 11.4 Å². The van der Waals surface area contributed by atoms with Crippen LogP contribution in [0.1, 0.15) is 17.5 Å². The molecule has 1 amide bonds. The Bertz CT molecular complexity index is 658. The molecule has 0 radical (unpaired) electrons. The molecule has 23 heavy (non-hydrogen) atoms. The van der Waals surface area contributed by atoms with Gasteiger partial charge in [0.25, 0.3) is 0 Å². The van der Waals surface area contributed by atoms with E-state index in [0.717, 1.165) is 11.1 Å². The molecule has 0 bridgehead atoms. The van der Waals surface area contributed by atoms with Gasteiger partial charge < -0.3 is 10.1 Å². The molecule has 4 nitrogen and oxygen atoms in total. The van der Waals surface area contributed by atoms with Crippen LogP contribution in [0, 0.1) is 0 Å². The maximum Gasteiger partial charge on any atom is 0.325 e. The number of ether oxygens (including phenoxy) is 1. The van der Waals surface area contributed by atoms with Crippen molar-refractivity contribution in [1.29, 1.82) is 0 Å². The topological polar surface area (TPSA) is 55.4 Å². The van der Waals surface area contributed by atoms with Gasteiger partial charge in [-0.3, -0.25) is 9.59 Å². The average Bonchev–Trinajstić information content (AvgIpc) is 2.58. The van der Waals surface area contributed by atoms with E-state index < -0.39 is 5.97 Å². The molecule has 0 saturated heterocycles. The highest BCUT2D eigenvalue weighted by molar-refractivity contribution is 6.31. The molecule has 0 aliphatic rings. The quantitative estimate of drug-likeness (QED) is 0.793. The summed E-state index contributed by atoms with van der Waals surface area (Å²) >= 11 is 6.03. The smallest absolute Gasteiger partial charge is 0.325 e. The summed E-state index contributed by atoms with van der Waals surface area (Å²) in [6, 6.07) is 16.8. The zero-order chi connectivity index (χ0) is 16.5. The highest BCUT2D eigenvalue weighted by Gasteiger charge is 2.08. The Labute approximate surface area is 140 Å². The third kappa shape index (κ3) is 6.12. The third-order valence-corrected chi connectivity index (χ3v) is 3.62. The van der Waals surface area contributed by atoms with E-state index in [2.05, 4.69) is 5.32 Å². The van der Waals surface area contributed by atoms with Gasteiger partial charge in [0.05, 0.1) is 0 Å². The van der Waals surface area contributed by atoms with Crippen LogP contribution in [0.5, 0.6) is 0 Å². The summed E-state index contributed by atoms with van der Waals surface area (Å²) in [5.74, 6) is -0.665. The molecule has 0 aliphatic carbocycles. The first kappa shape index (κ1) is 17.0. The normalized spacial score (nSPS) is 10.1. The highest BCUT2D eigenvalue weighted by Crippen LogP contribution is 2.16. The molecule has 0 heterocycles. The fourth-order valence-corrected chi connectivity index (χ4v) is 2.23. The van der Waals surface area contributed by atoms with E-state index in [9.17, 15) is 9.59 Å². The van der Waals surface area contributed by atoms with Crippen molar-refractivity contribution >= 4 is 23.5 Å².